The number of rotatable bonds is 8. The molecule has 0 bridgehead atoms. The molecule has 4 nitrogen and oxygen atoms in total. The van der Waals surface area contributed by atoms with Crippen LogP contribution in [0.25, 0.3) is 0 Å². The van der Waals surface area contributed by atoms with Gasteiger partial charge < -0.3 is 10.2 Å². The van der Waals surface area contributed by atoms with Gasteiger partial charge in [0.05, 0.1) is 6.42 Å². The zero-order valence-electron chi connectivity index (χ0n) is 16.4. The number of amides is 2. The first kappa shape index (κ1) is 22.4. The van der Waals surface area contributed by atoms with Crippen molar-refractivity contribution in [1.29, 1.82) is 0 Å². The Morgan fingerprint density at radius 2 is 1.79 bits per heavy atom. The van der Waals surface area contributed by atoms with Gasteiger partial charge in [0, 0.05) is 22.1 Å². The van der Waals surface area contributed by atoms with Gasteiger partial charge in [0.15, 0.2) is 0 Å². The number of nitrogens with zero attached hydrogens (tertiary/aromatic N) is 1. The minimum atomic E-state index is -0.579. The highest BCUT2D eigenvalue weighted by molar-refractivity contribution is 9.10. The van der Waals surface area contributed by atoms with Crippen LogP contribution in [0.5, 0.6) is 0 Å². The van der Waals surface area contributed by atoms with Crippen LogP contribution in [0.1, 0.15) is 38.3 Å². The van der Waals surface area contributed by atoms with Gasteiger partial charge in [0.1, 0.15) is 6.04 Å². The summed E-state index contributed by atoms with van der Waals surface area (Å²) in [5.41, 5.74) is 1.79. The van der Waals surface area contributed by atoms with Gasteiger partial charge in [0.25, 0.3) is 0 Å². The SMILES string of the molecule is CCC(C)NC(=O)C(C)N(Cc1ccc(Br)cc1)C(=O)Cc1cccc(Cl)c1. The fraction of sp³-hybridized carbons (Fsp3) is 0.364. The quantitative estimate of drug-likeness (QED) is 0.598. The van der Waals surface area contributed by atoms with Crippen LogP contribution in [0.3, 0.4) is 0 Å². The molecule has 28 heavy (non-hydrogen) atoms. The summed E-state index contributed by atoms with van der Waals surface area (Å²) < 4.78 is 0.968. The van der Waals surface area contributed by atoms with Crippen molar-refractivity contribution in [3.05, 3.63) is 69.2 Å². The summed E-state index contributed by atoms with van der Waals surface area (Å²) >= 11 is 9.47. The van der Waals surface area contributed by atoms with E-state index in [0.29, 0.717) is 11.6 Å². The minimum absolute atomic E-state index is 0.0625. The zero-order chi connectivity index (χ0) is 20.7. The van der Waals surface area contributed by atoms with E-state index in [0.717, 1.165) is 22.0 Å². The van der Waals surface area contributed by atoms with Gasteiger partial charge in [-0.1, -0.05) is 58.7 Å². The maximum absolute atomic E-state index is 13.1. The molecular formula is C22H26BrClN2O2. The van der Waals surface area contributed by atoms with Gasteiger partial charge in [-0.25, -0.2) is 0 Å². The van der Waals surface area contributed by atoms with E-state index in [1.54, 1.807) is 24.0 Å². The van der Waals surface area contributed by atoms with Crippen molar-refractivity contribution in [2.45, 2.75) is 52.2 Å². The Bertz CT molecular complexity index is 810. The topological polar surface area (TPSA) is 49.4 Å². The highest BCUT2D eigenvalue weighted by Gasteiger charge is 2.26. The monoisotopic (exact) mass is 464 g/mol. The van der Waals surface area contributed by atoms with Crippen LogP contribution < -0.4 is 5.32 Å². The Labute approximate surface area is 180 Å². The lowest BCUT2D eigenvalue weighted by molar-refractivity contribution is -0.140. The number of carbonyl (C=O) groups is 2. The first-order valence-electron chi connectivity index (χ1n) is 9.39. The number of hydrogen-bond donors (Lipinski definition) is 1. The molecule has 2 aromatic carbocycles. The predicted octanol–water partition coefficient (Wildman–Crippen LogP) is 4.98. The Morgan fingerprint density at radius 1 is 1.11 bits per heavy atom. The maximum atomic E-state index is 13.1. The number of halogens is 2. The van der Waals surface area contributed by atoms with Crippen molar-refractivity contribution < 1.29 is 9.59 Å². The molecule has 2 aromatic rings. The molecule has 0 aliphatic carbocycles. The van der Waals surface area contributed by atoms with E-state index in [-0.39, 0.29) is 24.3 Å². The van der Waals surface area contributed by atoms with Gasteiger partial charge in [-0.3, -0.25) is 9.59 Å². The van der Waals surface area contributed by atoms with E-state index in [4.69, 9.17) is 11.6 Å². The molecule has 0 saturated carbocycles. The molecule has 0 aromatic heterocycles. The average Bonchev–Trinajstić information content (AvgIpc) is 2.66. The Hall–Kier alpha value is -1.85. The van der Waals surface area contributed by atoms with Crippen molar-refractivity contribution >= 4 is 39.3 Å². The normalized spacial score (nSPS) is 12.9. The molecule has 2 rings (SSSR count). The molecule has 2 amide bonds. The third kappa shape index (κ3) is 6.64. The predicted molar refractivity (Wildman–Crippen MR) is 117 cm³/mol. The van der Waals surface area contributed by atoms with Gasteiger partial charge in [-0.15, -0.1) is 0 Å². The standard InChI is InChI=1S/C22H26BrClN2O2/c1-4-15(2)25-22(28)16(3)26(14-17-8-10-19(23)11-9-17)21(27)13-18-6-5-7-20(24)12-18/h5-12,15-16H,4,13-14H2,1-3H3,(H,25,28). The van der Waals surface area contributed by atoms with E-state index >= 15 is 0 Å². The van der Waals surface area contributed by atoms with Crippen molar-refractivity contribution in [3.63, 3.8) is 0 Å². The second-order valence-electron chi connectivity index (χ2n) is 6.95. The zero-order valence-corrected chi connectivity index (χ0v) is 18.8. The van der Waals surface area contributed by atoms with Crippen LogP contribution in [0.4, 0.5) is 0 Å². The van der Waals surface area contributed by atoms with Crippen LogP contribution in [0, 0.1) is 0 Å². The Kier molecular flexibility index (Phi) is 8.52. The fourth-order valence-electron chi connectivity index (χ4n) is 2.76. The number of hydrogen-bond acceptors (Lipinski definition) is 2. The number of nitrogens with one attached hydrogen (secondary N) is 1. The molecule has 0 radical (unpaired) electrons. The van der Waals surface area contributed by atoms with Gasteiger partial charge >= 0.3 is 0 Å². The Morgan fingerprint density at radius 3 is 2.39 bits per heavy atom. The van der Waals surface area contributed by atoms with Crippen molar-refractivity contribution in [2.75, 3.05) is 0 Å². The van der Waals surface area contributed by atoms with Crippen molar-refractivity contribution in [3.8, 4) is 0 Å². The molecule has 0 aliphatic rings. The molecule has 0 aliphatic heterocycles. The highest BCUT2D eigenvalue weighted by atomic mass is 79.9. The van der Waals surface area contributed by atoms with E-state index < -0.39 is 6.04 Å². The van der Waals surface area contributed by atoms with Crippen LogP contribution in [-0.4, -0.2) is 28.8 Å². The largest absolute Gasteiger partial charge is 0.352 e. The molecular weight excluding hydrogens is 440 g/mol. The van der Waals surface area contributed by atoms with E-state index in [1.165, 1.54) is 0 Å². The summed E-state index contributed by atoms with van der Waals surface area (Å²) in [5, 5.41) is 3.56. The summed E-state index contributed by atoms with van der Waals surface area (Å²) in [4.78, 5) is 27.4. The second-order valence-corrected chi connectivity index (χ2v) is 8.30. The Balaban J connectivity index is 2.22. The second kappa shape index (κ2) is 10.6. The van der Waals surface area contributed by atoms with E-state index in [1.807, 2.05) is 50.2 Å². The van der Waals surface area contributed by atoms with Crippen molar-refractivity contribution in [2.24, 2.45) is 0 Å². The third-order valence-electron chi connectivity index (χ3n) is 4.68. The lowest BCUT2D eigenvalue weighted by Gasteiger charge is -2.30. The third-order valence-corrected chi connectivity index (χ3v) is 5.44. The summed E-state index contributed by atoms with van der Waals surface area (Å²) in [5.74, 6) is -0.261. The van der Waals surface area contributed by atoms with E-state index in [9.17, 15) is 9.59 Å². The molecule has 0 heterocycles. The first-order valence-corrected chi connectivity index (χ1v) is 10.6. The molecule has 2 atom stereocenters. The van der Waals surface area contributed by atoms with Gasteiger partial charge in [-0.2, -0.15) is 0 Å². The summed E-state index contributed by atoms with van der Waals surface area (Å²) in [6.45, 7) is 6.10. The number of benzene rings is 2. The van der Waals surface area contributed by atoms with Gasteiger partial charge in [0.2, 0.25) is 11.8 Å². The molecule has 1 N–H and O–H groups in total. The molecule has 0 spiro atoms. The minimum Gasteiger partial charge on any atom is -0.352 e. The fourth-order valence-corrected chi connectivity index (χ4v) is 3.23. The average molecular weight is 466 g/mol. The summed E-state index contributed by atoms with van der Waals surface area (Å²) in [6.07, 6.45) is 1.03. The lowest BCUT2D eigenvalue weighted by Crippen LogP contribution is -2.49. The van der Waals surface area contributed by atoms with Crippen LogP contribution in [0.2, 0.25) is 5.02 Å². The van der Waals surface area contributed by atoms with Gasteiger partial charge in [-0.05, 0) is 55.7 Å². The maximum Gasteiger partial charge on any atom is 0.242 e. The van der Waals surface area contributed by atoms with Crippen LogP contribution >= 0.6 is 27.5 Å². The van der Waals surface area contributed by atoms with Crippen LogP contribution in [-0.2, 0) is 22.6 Å². The van der Waals surface area contributed by atoms with E-state index in [2.05, 4.69) is 21.2 Å². The molecule has 0 fully saturated rings. The summed E-state index contributed by atoms with van der Waals surface area (Å²) in [7, 11) is 0. The first-order chi connectivity index (χ1) is 13.3. The molecule has 0 saturated heterocycles. The summed E-state index contributed by atoms with van der Waals surface area (Å²) in [6, 6.07) is 14.5. The molecule has 150 valence electrons. The lowest BCUT2D eigenvalue weighted by atomic mass is 10.1. The van der Waals surface area contributed by atoms with Crippen molar-refractivity contribution in [1.82, 2.24) is 10.2 Å². The molecule has 6 heteroatoms. The smallest absolute Gasteiger partial charge is 0.242 e. The van der Waals surface area contributed by atoms with Crippen LogP contribution in [0.15, 0.2) is 53.0 Å². The number of carbonyl (C=O) groups excluding carboxylic acids is 2. The molecule has 2 unspecified atom stereocenters. The highest BCUT2D eigenvalue weighted by Crippen LogP contribution is 2.17.